The predicted octanol–water partition coefficient (Wildman–Crippen LogP) is 1.12. The van der Waals surface area contributed by atoms with Gasteiger partial charge in [0.15, 0.2) is 0 Å². The van der Waals surface area contributed by atoms with Gasteiger partial charge in [0.25, 0.3) is 0 Å². The van der Waals surface area contributed by atoms with Crippen molar-refractivity contribution in [1.82, 2.24) is 4.90 Å². The molecule has 0 radical (unpaired) electrons. The van der Waals surface area contributed by atoms with Gasteiger partial charge < -0.3 is 14.7 Å². The van der Waals surface area contributed by atoms with Gasteiger partial charge in [-0.15, -0.1) is 0 Å². The maximum absolute atomic E-state index is 11.6. The van der Waals surface area contributed by atoms with Gasteiger partial charge >= 0.3 is 5.97 Å². The number of carboxylic acid groups (broad SMARTS) is 1. The van der Waals surface area contributed by atoms with Crippen LogP contribution in [0.2, 0.25) is 0 Å². The summed E-state index contributed by atoms with van der Waals surface area (Å²) in [6.45, 7) is 5.95. The minimum Gasteiger partial charge on any atom is -0.480 e. The molecule has 0 aromatic heterocycles. The number of hydrogen-bond acceptors (Lipinski definition) is 3. The summed E-state index contributed by atoms with van der Waals surface area (Å²) in [5.41, 5.74) is -1.18. The molecule has 94 valence electrons. The van der Waals surface area contributed by atoms with E-state index < -0.39 is 11.5 Å². The van der Waals surface area contributed by atoms with Gasteiger partial charge in [0.2, 0.25) is 5.91 Å². The molecule has 0 aliphatic heterocycles. The zero-order valence-electron chi connectivity index (χ0n) is 10.4. The summed E-state index contributed by atoms with van der Waals surface area (Å²) in [4.78, 5) is 23.8. The Morgan fingerprint density at radius 1 is 1.31 bits per heavy atom. The number of amides is 1. The fourth-order valence-electron chi connectivity index (χ4n) is 1.03. The summed E-state index contributed by atoms with van der Waals surface area (Å²) in [6, 6.07) is 0. The van der Waals surface area contributed by atoms with Crippen LogP contribution in [-0.4, -0.2) is 47.7 Å². The molecule has 0 heterocycles. The van der Waals surface area contributed by atoms with E-state index in [0.717, 1.165) is 6.42 Å². The maximum Gasteiger partial charge on any atom is 0.329 e. The first-order chi connectivity index (χ1) is 7.34. The Bertz CT molecular complexity index is 250. The van der Waals surface area contributed by atoms with E-state index >= 15 is 0 Å². The molecule has 0 aromatic rings. The normalized spacial score (nSPS) is 11.2. The minimum absolute atomic E-state index is 0.215. The molecule has 0 atom stereocenters. The third-order valence-corrected chi connectivity index (χ3v) is 2.54. The maximum atomic E-state index is 11.6. The highest BCUT2D eigenvalue weighted by atomic mass is 16.5. The number of carbonyl (C=O) groups excluding carboxylic acids is 1. The van der Waals surface area contributed by atoms with E-state index in [1.165, 1.54) is 25.8 Å². The highest BCUT2D eigenvalue weighted by Gasteiger charge is 2.34. The van der Waals surface area contributed by atoms with Crippen LogP contribution in [0.1, 0.15) is 33.6 Å². The number of ether oxygens (including phenoxy) is 1. The Morgan fingerprint density at radius 3 is 2.31 bits per heavy atom. The smallest absolute Gasteiger partial charge is 0.329 e. The molecule has 0 aliphatic rings. The molecule has 0 fully saturated rings. The van der Waals surface area contributed by atoms with E-state index in [9.17, 15) is 9.59 Å². The second kappa shape index (κ2) is 6.48. The molecule has 0 aromatic carbocycles. The molecule has 16 heavy (non-hydrogen) atoms. The Morgan fingerprint density at radius 2 is 1.88 bits per heavy atom. The molecule has 0 rings (SSSR count). The van der Waals surface area contributed by atoms with Crippen molar-refractivity contribution >= 4 is 11.9 Å². The molecular formula is C11H21NO4. The molecule has 5 heteroatoms. The van der Waals surface area contributed by atoms with Crippen LogP contribution in [0.5, 0.6) is 0 Å². The molecule has 1 N–H and O–H groups in total. The van der Waals surface area contributed by atoms with Crippen molar-refractivity contribution in [3.8, 4) is 0 Å². The van der Waals surface area contributed by atoms with Gasteiger partial charge in [-0.25, -0.2) is 4.79 Å². The first-order valence-corrected chi connectivity index (χ1v) is 5.41. The van der Waals surface area contributed by atoms with Gasteiger partial charge in [-0.05, 0) is 20.3 Å². The number of nitrogens with zero attached hydrogens (tertiary/aromatic N) is 1. The number of carboxylic acids is 1. The number of rotatable bonds is 7. The highest BCUT2D eigenvalue weighted by Crippen LogP contribution is 2.13. The second-order valence-corrected chi connectivity index (χ2v) is 4.18. The number of hydrogen-bond donors (Lipinski definition) is 1. The fourth-order valence-corrected chi connectivity index (χ4v) is 1.03. The lowest BCUT2D eigenvalue weighted by Crippen LogP contribution is -2.50. The summed E-state index contributed by atoms with van der Waals surface area (Å²) in [7, 11) is 1.50. The zero-order chi connectivity index (χ0) is 12.8. The third kappa shape index (κ3) is 4.18. The Balaban J connectivity index is 4.13. The van der Waals surface area contributed by atoms with Gasteiger partial charge in [0.1, 0.15) is 5.54 Å². The van der Waals surface area contributed by atoms with Crippen LogP contribution in [0.15, 0.2) is 0 Å². The summed E-state index contributed by atoms with van der Waals surface area (Å²) in [5.74, 6) is -1.23. The summed E-state index contributed by atoms with van der Waals surface area (Å²) >= 11 is 0. The van der Waals surface area contributed by atoms with Gasteiger partial charge in [-0.3, -0.25) is 4.79 Å². The molecule has 1 amide bonds. The van der Waals surface area contributed by atoms with Crippen LogP contribution < -0.4 is 0 Å². The molecule has 0 saturated heterocycles. The molecule has 5 nitrogen and oxygen atoms in total. The quantitative estimate of drug-likeness (QED) is 0.667. The van der Waals surface area contributed by atoms with Crippen LogP contribution in [-0.2, 0) is 14.3 Å². The molecule has 0 bridgehead atoms. The molecule has 0 unspecified atom stereocenters. The Hall–Kier alpha value is -1.10. The number of aliphatic carboxylic acids is 1. The van der Waals surface area contributed by atoms with E-state index in [1.54, 1.807) is 0 Å². The third-order valence-electron chi connectivity index (χ3n) is 2.54. The van der Waals surface area contributed by atoms with Crippen LogP contribution in [0, 0.1) is 0 Å². The highest BCUT2D eigenvalue weighted by molar-refractivity contribution is 5.86. The molecule has 0 aliphatic carbocycles. The minimum atomic E-state index is -1.18. The van der Waals surface area contributed by atoms with Crippen molar-refractivity contribution in [1.29, 1.82) is 0 Å². The van der Waals surface area contributed by atoms with Gasteiger partial charge in [-0.1, -0.05) is 6.92 Å². The van der Waals surface area contributed by atoms with E-state index in [0.29, 0.717) is 13.2 Å². The first-order valence-electron chi connectivity index (χ1n) is 5.41. The molecule has 0 spiro atoms. The predicted molar refractivity (Wildman–Crippen MR) is 60.2 cm³/mol. The Labute approximate surface area is 96.4 Å². The lowest BCUT2D eigenvalue weighted by atomic mass is 10.0. The lowest BCUT2D eigenvalue weighted by Gasteiger charge is -2.31. The SMILES string of the molecule is CCCOCCC(=O)N(C)C(C)(C)C(=O)O. The summed E-state index contributed by atoms with van der Waals surface area (Å²) in [5, 5.41) is 8.95. The van der Waals surface area contributed by atoms with Crippen molar-refractivity contribution in [3.63, 3.8) is 0 Å². The van der Waals surface area contributed by atoms with Crippen molar-refractivity contribution in [2.45, 2.75) is 39.2 Å². The van der Waals surface area contributed by atoms with E-state index in [-0.39, 0.29) is 12.3 Å². The summed E-state index contributed by atoms with van der Waals surface area (Å²) < 4.78 is 5.18. The molecule has 0 saturated carbocycles. The largest absolute Gasteiger partial charge is 0.480 e. The summed E-state index contributed by atoms with van der Waals surface area (Å²) in [6.07, 6.45) is 1.12. The van der Waals surface area contributed by atoms with Gasteiger partial charge in [-0.2, -0.15) is 0 Å². The zero-order valence-corrected chi connectivity index (χ0v) is 10.4. The van der Waals surface area contributed by atoms with Crippen LogP contribution >= 0.6 is 0 Å². The van der Waals surface area contributed by atoms with E-state index in [4.69, 9.17) is 9.84 Å². The lowest BCUT2D eigenvalue weighted by molar-refractivity contribution is -0.155. The van der Waals surface area contributed by atoms with Gasteiger partial charge in [0, 0.05) is 13.7 Å². The standard InChI is InChI=1S/C11H21NO4/c1-5-7-16-8-6-9(13)12(4)11(2,3)10(14)15/h5-8H2,1-4H3,(H,14,15). The van der Waals surface area contributed by atoms with Gasteiger partial charge in [0.05, 0.1) is 13.0 Å². The van der Waals surface area contributed by atoms with Crippen molar-refractivity contribution in [2.24, 2.45) is 0 Å². The second-order valence-electron chi connectivity index (χ2n) is 4.18. The topological polar surface area (TPSA) is 66.8 Å². The van der Waals surface area contributed by atoms with E-state index in [1.807, 2.05) is 6.92 Å². The van der Waals surface area contributed by atoms with Crippen molar-refractivity contribution in [2.75, 3.05) is 20.3 Å². The van der Waals surface area contributed by atoms with E-state index in [2.05, 4.69) is 0 Å². The van der Waals surface area contributed by atoms with Crippen LogP contribution in [0.25, 0.3) is 0 Å². The molecular weight excluding hydrogens is 210 g/mol. The van der Waals surface area contributed by atoms with Crippen molar-refractivity contribution in [3.05, 3.63) is 0 Å². The Kier molecular flexibility index (Phi) is 6.03. The number of likely N-dealkylation sites (N-methyl/N-ethyl adjacent to an activating group) is 1. The fraction of sp³-hybridized carbons (Fsp3) is 0.818. The average molecular weight is 231 g/mol. The number of carbonyl (C=O) groups is 2. The first kappa shape index (κ1) is 14.9. The monoisotopic (exact) mass is 231 g/mol. The average Bonchev–Trinajstić information content (AvgIpc) is 2.22. The van der Waals surface area contributed by atoms with Crippen LogP contribution in [0.4, 0.5) is 0 Å². The van der Waals surface area contributed by atoms with Crippen molar-refractivity contribution < 1.29 is 19.4 Å². The van der Waals surface area contributed by atoms with Crippen LogP contribution in [0.3, 0.4) is 0 Å².